The first-order valence-electron chi connectivity index (χ1n) is 8.84. The number of halogens is 2. The first-order valence-corrected chi connectivity index (χ1v) is 10.7. The van der Waals surface area contributed by atoms with Crippen molar-refractivity contribution in [2.24, 2.45) is 4.99 Å². The van der Waals surface area contributed by atoms with Crippen LogP contribution in [0.3, 0.4) is 0 Å². The maximum Gasteiger partial charge on any atom is 0.363 e. The molecule has 2 heterocycles. The van der Waals surface area contributed by atoms with E-state index in [2.05, 4.69) is 43.5 Å². The second kappa shape index (κ2) is 9.05. The molecule has 1 aliphatic heterocycles. The number of ether oxygens (including phenoxy) is 3. The zero-order valence-corrected chi connectivity index (χ0v) is 19.5. The molecule has 0 saturated heterocycles. The van der Waals surface area contributed by atoms with E-state index in [1.165, 1.54) is 6.26 Å². The van der Waals surface area contributed by atoms with Gasteiger partial charge in [-0.05, 0) is 76.2 Å². The summed E-state index contributed by atoms with van der Waals surface area (Å²) in [6.07, 6.45) is 3.13. The van der Waals surface area contributed by atoms with Crippen LogP contribution in [0.15, 0.2) is 74.4 Å². The van der Waals surface area contributed by atoms with E-state index >= 15 is 0 Å². The summed E-state index contributed by atoms with van der Waals surface area (Å²) in [4.78, 5) is 16.4. The van der Waals surface area contributed by atoms with Crippen molar-refractivity contribution in [3.63, 3.8) is 0 Å². The van der Waals surface area contributed by atoms with Gasteiger partial charge in [-0.15, -0.1) is 0 Å². The van der Waals surface area contributed by atoms with Crippen molar-refractivity contribution in [1.29, 1.82) is 0 Å². The SMILES string of the molecule is COc1cc(/C=C2\N=C(c3ccco3)OC2=O)cc(I)c1OCc1ccc(Br)cc1. The molecule has 3 aromatic rings. The molecule has 0 N–H and O–H groups in total. The van der Waals surface area contributed by atoms with Crippen LogP contribution in [0.1, 0.15) is 16.9 Å². The molecule has 1 aromatic heterocycles. The van der Waals surface area contributed by atoms with Gasteiger partial charge in [0.1, 0.15) is 6.61 Å². The minimum absolute atomic E-state index is 0.146. The highest BCUT2D eigenvalue weighted by atomic mass is 127. The van der Waals surface area contributed by atoms with E-state index in [1.807, 2.05) is 30.3 Å². The molecule has 6 nitrogen and oxygen atoms in total. The van der Waals surface area contributed by atoms with E-state index in [4.69, 9.17) is 18.6 Å². The van der Waals surface area contributed by atoms with E-state index in [0.717, 1.165) is 19.2 Å². The molecule has 0 fully saturated rings. The Kier molecular flexibility index (Phi) is 6.24. The molecular weight excluding hydrogens is 565 g/mol. The zero-order valence-electron chi connectivity index (χ0n) is 15.7. The molecule has 8 heteroatoms. The van der Waals surface area contributed by atoms with Crippen LogP contribution in [-0.4, -0.2) is 19.0 Å². The van der Waals surface area contributed by atoms with Gasteiger partial charge in [0.05, 0.1) is 16.9 Å². The second-order valence-corrected chi connectivity index (χ2v) is 8.34. The van der Waals surface area contributed by atoms with Crippen LogP contribution < -0.4 is 9.47 Å². The summed E-state index contributed by atoms with van der Waals surface area (Å²) < 4.78 is 23.8. The van der Waals surface area contributed by atoms with Crippen molar-refractivity contribution in [1.82, 2.24) is 0 Å². The van der Waals surface area contributed by atoms with Crippen molar-refractivity contribution in [3.05, 3.63) is 85.4 Å². The van der Waals surface area contributed by atoms with Gasteiger partial charge >= 0.3 is 5.97 Å². The van der Waals surface area contributed by atoms with Gasteiger partial charge < -0.3 is 18.6 Å². The lowest BCUT2D eigenvalue weighted by Crippen LogP contribution is -2.04. The third kappa shape index (κ3) is 4.59. The molecule has 0 amide bonds. The largest absolute Gasteiger partial charge is 0.493 e. The van der Waals surface area contributed by atoms with Gasteiger partial charge in [0.15, 0.2) is 23.0 Å². The number of esters is 1. The highest BCUT2D eigenvalue weighted by molar-refractivity contribution is 14.1. The van der Waals surface area contributed by atoms with Gasteiger partial charge in [-0.1, -0.05) is 28.1 Å². The van der Waals surface area contributed by atoms with Crippen molar-refractivity contribution in [3.8, 4) is 11.5 Å². The van der Waals surface area contributed by atoms with Gasteiger partial charge in [-0.25, -0.2) is 9.79 Å². The fourth-order valence-electron chi connectivity index (χ4n) is 2.77. The monoisotopic (exact) mass is 579 g/mol. The van der Waals surface area contributed by atoms with Crippen molar-refractivity contribution < 1.29 is 23.4 Å². The van der Waals surface area contributed by atoms with Crippen molar-refractivity contribution in [2.45, 2.75) is 6.61 Å². The van der Waals surface area contributed by atoms with Crippen LogP contribution in [0.25, 0.3) is 6.08 Å². The number of aliphatic imine (C=N–C) groups is 1. The predicted molar refractivity (Wildman–Crippen MR) is 123 cm³/mol. The first-order chi connectivity index (χ1) is 14.5. The highest BCUT2D eigenvalue weighted by Gasteiger charge is 2.26. The summed E-state index contributed by atoms with van der Waals surface area (Å²) >= 11 is 5.60. The molecule has 4 rings (SSSR count). The lowest BCUT2D eigenvalue weighted by molar-refractivity contribution is -0.130. The molecule has 0 bridgehead atoms. The fraction of sp³-hybridized carbons (Fsp3) is 0.0909. The normalized spacial score (nSPS) is 14.6. The van der Waals surface area contributed by atoms with E-state index in [-0.39, 0.29) is 11.6 Å². The third-order valence-corrected chi connectivity index (χ3v) is 5.53. The topological polar surface area (TPSA) is 70.3 Å². The van der Waals surface area contributed by atoms with Crippen LogP contribution in [-0.2, 0) is 16.1 Å². The van der Waals surface area contributed by atoms with Crippen LogP contribution >= 0.6 is 38.5 Å². The minimum atomic E-state index is -0.536. The molecule has 0 saturated carbocycles. The summed E-state index contributed by atoms with van der Waals surface area (Å²) in [6.45, 7) is 0.406. The minimum Gasteiger partial charge on any atom is -0.493 e. The maximum absolute atomic E-state index is 12.2. The molecule has 0 aliphatic carbocycles. The lowest BCUT2D eigenvalue weighted by Gasteiger charge is -2.14. The van der Waals surface area contributed by atoms with Gasteiger partial charge in [0, 0.05) is 4.47 Å². The lowest BCUT2D eigenvalue weighted by atomic mass is 10.1. The Bertz CT molecular complexity index is 1140. The molecule has 0 radical (unpaired) electrons. The number of carbonyl (C=O) groups excluding carboxylic acids is 1. The number of hydrogen-bond donors (Lipinski definition) is 0. The van der Waals surface area contributed by atoms with E-state index in [9.17, 15) is 4.79 Å². The zero-order chi connectivity index (χ0) is 21.1. The van der Waals surface area contributed by atoms with Gasteiger partial charge in [-0.2, -0.15) is 0 Å². The van der Waals surface area contributed by atoms with Gasteiger partial charge in [0.2, 0.25) is 0 Å². The molecule has 30 heavy (non-hydrogen) atoms. The number of nitrogens with zero attached hydrogens (tertiary/aromatic N) is 1. The quantitative estimate of drug-likeness (QED) is 0.217. The number of furan rings is 1. The predicted octanol–water partition coefficient (Wildman–Crippen LogP) is 5.58. The van der Waals surface area contributed by atoms with Crippen LogP contribution in [0.2, 0.25) is 0 Å². The Hall–Kier alpha value is -2.59. The fourth-order valence-corrected chi connectivity index (χ4v) is 3.82. The Morgan fingerprint density at radius 1 is 1.20 bits per heavy atom. The Labute approximate surface area is 194 Å². The average Bonchev–Trinajstić information content (AvgIpc) is 3.38. The number of rotatable bonds is 6. The highest BCUT2D eigenvalue weighted by Crippen LogP contribution is 2.35. The summed E-state index contributed by atoms with van der Waals surface area (Å²) in [5.41, 5.74) is 1.96. The molecule has 1 aliphatic rings. The number of hydrogen-bond acceptors (Lipinski definition) is 6. The number of methoxy groups -OCH3 is 1. The van der Waals surface area contributed by atoms with Crippen molar-refractivity contribution in [2.75, 3.05) is 7.11 Å². The Balaban J connectivity index is 1.58. The Morgan fingerprint density at radius 2 is 2.00 bits per heavy atom. The van der Waals surface area contributed by atoms with Gasteiger partial charge in [0.25, 0.3) is 5.90 Å². The molecular formula is C22H15BrINO5. The van der Waals surface area contributed by atoms with E-state index < -0.39 is 5.97 Å². The Morgan fingerprint density at radius 3 is 2.70 bits per heavy atom. The standard InChI is InChI=1S/C22H15BrINO5/c1-27-19-11-14(10-17-22(26)30-21(25-17)18-3-2-8-28-18)9-16(24)20(19)29-12-13-4-6-15(23)7-5-13/h2-11H,12H2,1H3/b17-10-. The molecule has 152 valence electrons. The number of carbonyl (C=O) groups is 1. The summed E-state index contributed by atoms with van der Waals surface area (Å²) in [5.74, 6) is 1.21. The third-order valence-electron chi connectivity index (χ3n) is 4.20. The average molecular weight is 580 g/mol. The molecule has 0 spiro atoms. The summed E-state index contributed by atoms with van der Waals surface area (Å²) in [6, 6.07) is 15.0. The van der Waals surface area contributed by atoms with Crippen LogP contribution in [0.5, 0.6) is 11.5 Å². The molecule has 0 unspecified atom stereocenters. The number of benzene rings is 2. The first kappa shape index (κ1) is 20.7. The van der Waals surface area contributed by atoms with E-state index in [0.29, 0.717) is 23.9 Å². The van der Waals surface area contributed by atoms with Crippen LogP contribution in [0, 0.1) is 3.57 Å². The molecule has 2 aromatic carbocycles. The van der Waals surface area contributed by atoms with Gasteiger partial charge in [-0.3, -0.25) is 0 Å². The smallest absolute Gasteiger partial charge is 0.363 e. The maximum atomic E-state index is 12.2. The summed E-state index contributed by atoms with van der Waals surface area (Å²) in [7, 11) is 1.58. The second-order valence-electron chi connectivity index (χ2n) is 6.26. The van der Waals surface area contributed by atoms with E-state index in [1.54, 1.807) is 31.4 Å². The van der Waals surface area contributed by atoms with Crippen molar-refractivity contribution >= 4 is 56.5 Å². The molecule has 0 atom stereocenters. The van der Waals surface area contributed by atoms with Crippen LogP contribution in [0.4, 0.5) is 0 Å². The number of cyclic esters (lactones) is 1. The summed E-state index contributed by atoms with van der Waals surface area (Å²) in [5, 5.41) is 0.